The van der Waals surface area contributed by atoms with Crippen LogP contribution in [0.5, 0.6) is 0 Å². The zero-order valence-corrected chi connectivity index (χ0v) is 12.2. The topological polar surface area (TPSA) is 99.9 Å². The maximum Gasteiger partial charge on any atom is 0.340 e. The van der Waals surface area contributed by atoms with Gasteiger partial charge in [-0.05, 0) is 27.9 Å². The maximum atomic E-state index is 12.1. The van der Waals surface area contributed by atoms with Gasteiger partial charge in [-0.2, -0.15) is 0 Å². The average Bonchev–Trinajstić information content (AvgIpc) is 2.53. The summed E-state index contributed by atoms with van der Waals surface area (Å²) in [6.07, 6.45) is 0. The standard InChI is InChI=1S/C11H18N2O5S/c1-7-9(11(14)15)10(8(2)18-7)19(16,17)12-5-6-13(3)4/h12H,5-6H2,1-4H3,(H,14,15). The second-order valence-electron chi connectivity index (χ2n) is 4.42. The first-order chi connectivity index (χ1) is 8.66. The number of sulfonamides is 1. The van der Waals surface area contributed by atoms with E-state index in [9.17, 15) is 13.2 Å². The van der Waals surface area contributed by atoms with E-state index in [-0.39, 0.29) is 28.5 Å². The molecule has 0 unspecified atom stereocenters. The molecule has 0 aromatic carbocycles. The highest BCUT2D eigenvalue weighted by Crippen LogP contribution is 2.26. The van der Waals surface area contributed by atoms with Gasteiger partial charge in [0.1, 0.15) is 22.0 Å². The monoisotopic (exact) mass is 290 g/mol. The van der Waals surface area contributed by atoms with Crippen LogP contribution in [0.1, 0.15) is 21.9 Å². The van der Waals surface area contributed by atoms with Crippen molar-refractivity contribution in [2.45, 2.75) is 18.7 Å². The predicted octanol–water partition coefficient (Wildman–Crippen LogP) is 0.435. The summed E-state index contributed by atoms with van der Waals surface area (Å²) in [6, 6.07) is 0. The second-order valence-corrected chi connectivity index (χ2v) is 6.13. The minimum Gasteiger partial charge on any atom is -0.478 e. The number of hydrogen-bond acceptors (Lipinski definition) is 5. The molecule has 0 atom stereocenters. The Morgan fingerprint density at radius 2 is 1.89 bits per heavy atom. The molecule has 0 radical (unpaired) electrons. The Morgan fingerprint density at radius 3 is 2.37 bits per heavy atom. The molecule has 8 heteroatoms. The highest BCUT2D eigenvalue weighted by molar-refractivity contribution is 7.89. The molecule has 0 bridgehead atoms. The van der Waals surface area contributed by atoms with Gasteiger partial charge in [-0.25, -0.2) is 17.9 Å². The third-order valence-electron chi connectivity index (χ3n) is 2.54. The molecule has 0 saturated heterocycles. The molecule has 19 heavy (non-hydrogen) atoms. The van der Waals surface area contributed by atoms with Gasteiger partial charge in [-0.1, -0.05) is 0 Å². The third kappa shape index (κ3) is 3.55. The number of likely N-dealkylation sites (N-methyl/N-ethyl adjacent to an activating group) is 1. The number of nitrogens with zero attached hydrogens (tertiary/aromatic N) is 1. The molecule has 1 heterocycles. The summed E-state index contributed by atoms with van der Waals surface area (Å²) in [6.45, 7) is 3.56. The second kappa shape index (κ2) is 5.72. The molecule has 7 nitrogen and oxygen atoms in total. The number of aryl methyl sites for hydroxylation is 2. The third-order valence-corrected chi connectivity index (χ3v) is 4.15. The van der Waals surface area contributed by atoms with Gasteiger partial charge >= 0.3 is 5.97 Å². The molecule has 1 aromatic rings. The Labute approximate surface area is 112 Å². The summed E-state index contributed by atoms with van der Waals surface area (Å²) in [5, 5.41) is 9.08. The Bertz CT molecular complexity index is 574. The summed E-state index contributed by atoms with van der Waals surface area (Å²) in [7, 11) is -0.273. The number of carbonyl (C=O) groups is 1. The van der Waals surface area contributed by atoms with Crippen molar-refractivity contribution < 1.29 is 22.7 Å². The molecule has 0 amide bonds. The highest BCUT2D eigenvalue weighted by atomic mass is 32.2. The lowest BCUT2D eigenvalue weighted by Gasteiger charge is -2.11. The minimum atomic E-state index is -3.89. The van der Waals surface area contributed by atoms with Gasteiger partial charge in [0, 0.05) is 13.1 Å². The molecule has 0 saturated carbocycles. The van der Waals surface area contributed by atoms with Crippen LogP contribution in [-0.2, 0) is 10.0 Å². The van der Waals surface area contributed by atoms with Crippen molar-refractivity contribution in [3.8, 4) is 0 Å². The van der Waals surface area contributed by atoms with E-state index >= 15 is 0 Å². The molecule has 0 aliphatic carbocycles. The molecular formula is C11H18N2O5S. The molecule has 1 aromatic heterocycles. The van der Waals surface area contributed by atoms with E-state index in [1.165, 1.54) is 13.8 Å². The van der Waals surface area contributed by atoms with E-state index in [2.05, 4.69) is 4.72 Å². The van der Waals surface area contributed by atoms with Gasteiger partial charge in [0.25, 0.3) is 0 Å². The number of nitrogens with one attached hydrogen (secondary N) is 1. The molecule has 0 spiro atoms. The fraction of sp³-hybridized carbons (Fsp3) is 0.545. The van der Waals surface area contributed by atoms with Crippen molar-refractivity contribution in [3.63, 3.8) is 0 Å². The van der Waals surface area contributed by atoms with E-state index in [0.29, 0.717) is 6.54 Å². The number of hydrogen-bond donors (Lipinski definition) is 2. The van der Waals surface area contributed by atoms with Crippen LogP contribution in [0.25, 0.3) is 0 Å². The van der Waals surface area contributed by atoms with Crippen molar-refractivity contribution in [3.05, 3.63) is 17.1 Å². The lowest BCUT2D eigenvalue weighted by Crippen LogP contribution is -2.32. The van der Waals surface area contributed by atoms with Crippen molar-refractivity contribution >= 4 is 16.0 Å². The first-order valence-corrected chi connectivity index (χ1v) is 7.12. The molecule has 0 aliphatic rings. The lowest BCUT2D eigenvalue weighted by atomic mass is 10.2. The van der Waals surface area contributed by atoms with Crippen LogP contribution in [0.4, 0.5) is 0 Å². The lowest BCUT2D eigenvalue weighted by molar-refractivity contribution is 0.0691. The Hall–Kier alpha value is -1.38. The summed E-state index contributed by atoms with van der Waals surface area (Å²) in [5.74, 6) is -1.16. The summed E-state index contributed by atoms with van der Waals surface area (Å²) in [4.78, 5) is 12.6. The number of furan rings is 1. The fourth-order valence-corrected chi connectivity index (χ4v) is 3.13. The predicted molar refractivity (Wildman–Crippen MR) is 68.9 cm³/mol. The normalized spacial score (nSPS) is 12.1. The van der Waals surface area contributed by atoms with E-state index in [0.717, 1.165) is 0 Å². The van der Waals surface area contributed by atoms with E-state index in [4.69, 9.17) is 9.52 Å². The van der Waals surface area contributed by atoms with Crippen LogP contribution in [0.3, 0.4) is 0 Å². The molecule has 2 N–H and O–H groups in total. The Morgan fingerprint density at radius 1 is 1.32 bits per heavy atom. The first kappa shape index (κ1) is 15.7. The number of rotatable bonds is 6. The number of carboxylic acid groups (broad SMARTS) is 1. The summed E-state index contributed by atoms with van der Waals surface area (Å²) < 4.78 is 31.7. The minimum absolute atomic E-state index is 0.0762. The van der Waals surface area contributed by atoms with Crippen LogP contribution in [0.2, 0.25) is 0 Å². The summed E-state index contributed by atoms with van der Waals surface area (Å²) in [5.41, 5.74) is -0.310. The van der Waals surface area contributed by atoms with Crippen LogP contribution in [-0.4, -0.2) is 51.6 Å². The van der Waals surface area contributed by atoms with E-state index < -0.39 is 16.0 Å². The van der Waals surface area contributed by atoms with E-state index in [1.54, 1.807) is 0 Å². The number of carboxylic acids is 1. The molecule has 0 fully saturated rings. The summed E-state index contributed by atoms with van der Waals surface area (Å²) >= 11 is 0. The van der Waals surface area contributed by atoms with Crippen LogP contribution in [0, 0.1) is 13.8 Å². The van der Waals surface area contributed by atoms with Gasteiger partial charge in [-0.3, -0.25) is 0 Å². The van der Waals surface area contributed by atoms with Crippen molar-refractivity contribution in [1.29, 1.82) is 0 Å². The fourth-order valence-electron chi connectivity index (χ4n) is 1.71. The first-order valence-electron chi connectivity index (χ1n) is 5.64. The molecule has 0 aliphatic heterocycles. The zero-order valence-electron chi connectivity index (χ0n) is 11.3. The number of aromatic carboxylic acids is 1. The van der Waals surface area contributed by atoms with Gasteiger partial charge < -0.3 is 14.4 Å². The quantitative estimate of drug-likeness (QED) is 0.788. The maximum absolute atomic E-state index is 12.1. The van der Waals surface area contributed by atoms with Crippen LogP contribution in [0.15, 0.2) is 9.31 Å². The van der Waals surface area contributed by atoms with Gasteiger partial charge in [0.15, 0.2) is 0 Å². The Balaban J connectivity index is 3.11. The van der Waals surface area contributed by atoms with Crippen molar-refractivity contribution in [2.75, 3.05) is 27.2 Å². The molecule has 108 valence electrons. The van der Waals surface area contributed by atoms with Crippen molar-refractivity contribution in [2.24, 2.45) is 0 Å². The van der Waals surface area contributed by atoms with E-state index in [1.807, 2.05) is 19.0 Å². The van der Waals surface area contributed by atoms with Gasteiger partial charge in [0.2, 0.25) is 10.0 Å². The van der Waals surface area contributed by atoms with Crippen LogP contribution >= 0.6 is 0 Å². The van der Waals surface area contributed by atoms with Gasteiger partial charge in [-0.15, -0.1) is 0 Å². The largest absolute Gasteiger partial charge is 0.478 e. The van der Waals surface area contributed by atoms with Crippen LogP contribution < -0.4 is 4.72 Å². The highest BCUT2D eigenvalue weighted by Gasteiger charge is 2.30. The Kier molecular flexibility index (Phi) is 4.72. The smallest absolute Gasteiger partial charge is 0.340 e. The zero-order chi connectivity index (χ0) is 14.8. The van der Waals surface area contributed by atoms with Crippen molar-refractivity contribution in [1.82, 2.24) is 9.62 Å². The van der Waals surface area contributed by atoms with Gasteiger partial charge in [0.05, 0.1) is 0 Å². The average molecular weight is 290 g/mol. The molecular weight excluding hydrogens is 272 g/mol. The SMILES string of the molecule is Cc1oc(C)c(S(=O)(=O)NCCN(C)C)c1C(=O)O. The molecule has 1 rings (SSSR count).